The molecule has 2 rings (SSSR count). The molecular formula is C19H27NO3. The van der Waals surface area contributed by atoms with E-state index in [1.807, 2.05) is 36.1 Å². The zero-order valence-corrected chi connectivity index (χ0v) is 14.0. The Bertz CT molecular complexity index is 490. The maximum Gasteiger partial charge on any atom is 0.226 e. The molecule has 1 aliphatic rings. The number of ether oxygens (including phenoxy) is 2. The fourth-order valence-electron chi connectivity index (χ4n) is 2.82. The number of amides is 1. The zero-order valence-electron chi connectivity index (χ0n) is 14.0. The minimum absolute atomic E-state index is 0.208. The van der Waals surface area contributed by atoms with Crippen LogP contribution < -0.4 is 4.74 Å². The second-order valence-corrected chi connectivity index (χ2v) is 5.90. The normalized spacial score (nSPS) is 15.4. The average molecular weight is 317 g/mol. The summed E-state index contributed by atoms with van der Waals surface area (Å²) in [7, 11) is 0. The van der Waals surface area contributed by atoms with Crippen molar-refractivity contribution in [1.29, 1.82) is 0 Å². The summed E-state index contributed by atoms with van der Waals surface area (Å²) in [6.45, 7) is 9.31. The van der Waals surface area contributed by atoms with E-state index in [0.29, 0.717) is 25.6 Å². The van der Waals surface area contributed by atoms with Gasteiger partial charge in [0.25, 0.3) is 0 Å². The van der Waals surface area contributed by atoms with Gasteiger partial charge < -0.3 is 14.4 Å². The highest BCUT2D eigenvalue weighted by molar-refractivity contribution is 5.78. The van der Waals surface area contributed by atoms with Crippen LogP contribution in [0.1, 0.15) is 25.3 Å². The molecule has 1 saturated heterocycles. The molecule has 1 aromatic rings. The van der Waals surface area contributed by atoms with Crippen LogP contribution in [-0.4, -0.2) is 43.7 Å². The molecule has 1 amide bonds. The van der Waals surface area contributed by atoms with Gasteiger partial charge in [0.05, 0.1) is 19.6 Å². The van der Waals surface area contributed by atoms with Crippen molar-refractivity contribution < 1.29 is 14.3 Å². The van der Waals surface area contributed by atoms with Crippen molar-refractivity contribution in [3.05, 3.63) is 42.5 Å². The van der Waals surface area contributed by atoms with Gasteiger partial charge in [0.2, 0.25) is 5.91 Å². The molecule has 0 unspecified atom stereocenters. The molecule has 1 aromatic carbocycles. The van der Waals surface area contributed by atoms with E-state index in [4.69, 9.17) is 9.47 Å². The molecule has 126 valence electrons. The van der Waals surface area contributed by atoms with Crippen LogP contribution in [0.3, 0.4) is 0 Å². The molecule has 0 N–H and O–H groups in total. The predicted molar refractivity (Wildman–Crippen MR) is 91.6 cm³/mol. The number of likely N-dealkylation sites (tertiary alicyclic amines) is 1. The SMILES string of the molecule is C=CCOCC1CCN(C(=O)Cc2ccc(OCC)cc2)CC1. The number of carbonyl (C=O) groups is 1. The topological polar surface area (TPSA) is 38.8 Å². The Morgan fingerprint density at radius 1 is 1.30 bits per heavy atom. The first-order valence-corrected chi connectivity index (χ1v) is 8.41. The second-order valence-electron chi connectivity index (χ2n) is 5.90. The summed E-state index contributed by atoms with van der Waals surface area (Å²) in [5.41, 5.74) is 1.04. The van der Waals surface area contributed by atoms with Crippen LogP contribution in [-0.2, 0) is 16.0 Å². The highest BCUT2D eigenvalue weighted by atomic mass is 16.5. The quantitative estimate of drug-likeness (QED) is 0.546. The molecule has 1 heterocycles. The van der Waals surface area contributed by atoms with Crippen molar-refractivity contribution in [3.8, 4) is 5.75 Å². The molecule has 0 atom stereocenters. The van der Waals surface area contributed by atoms with Gasteiger partial charge in [-0.25, -0.2) is 0 Å². The predicted octanol–water partition coefficient (Wildman–Crippen LogP) is 3.07. The van der Waals surface area contributed by atoms with E-state index in [9.17, 15) is 4.79 Å². The van der Waals surface area contributed by atoms with E-state index in [1.165, 1.54) is 0 Å². The third-order valence-electron chi connectivity index (χ3n) is 4.15. The van der Waals surface area contributed by atoms with Gasteiger partial charge in [0.1, 0.15) is 5.75 Å². The Balaban J connectivity index is 1.75. The van der Waals surface area contributed by atoms with Crippen LogP contribution in [0, 0.1) is 5.92 Å². The lowest BCUT2D eigenvalue weighted by atomic mass is 9.97. The minimum atomic E-state index is 0.208. The first-order valence-electron chi connectivity index (χ1n) is 8.41. The molecule has 0 saturated carbocycles. The molecule has 0 bridgehead atoms. The first-order chi connectivity index (χ1) is 11.2. The number of rotatable bonds is 8. The highest BCUT2D eigenvalue weighted by Crippen LogP contribution is 2.19. The molecule has 23 heavy (non-hydrogen) atoms. The van der Waals surface area contributed by atoms with E-state index < -0.39 is 0 Å². The third-order valence-corrected chi connectivity index (χ3v) is 4.15. The van der Waals surface area contributed by atoms with Crippen molar-refractivity contribution in [3.63, 3.8) is 0 Å². The van der Waals surface area contributed by atoms with Crippen LogP contribution in [0.5, 0.6) is 5.75 Å². The van der Waals surface area contributed by atoms with Gasteiger partial charge in [-0.1, -0.05) is 18.2 Å². The lowest BCUT2D eigenvalue weighted by molar-refractivity contribution is -0.132. The summed E-state index contributed by atoms with van der Waals surface area (Å²) < 4.78 is 10.9. The summed E-state index contributed by atoms with van der Waals surface area (Å²) >= 11 is 0. The fraction of sp³-hybridized carbons (Fsp3) is 0.526. The third kappa shape index (κ3) is 5.71. The van der Waals surface area contributed by atoms with Crippen molar-refractivity contribution in [1.82, 2.24) is 4.90 Å². The molecule has 0 spiro atoms. The molecule has 1 fully saturated rings. The van der Waals surface area contributed by atoms with Gasteiger partial charge in [-0.2, -0.15) is 0 Å². The van der Waals surface area contributed by atoms with Crippen LogP contribution in [0.2, 0.25) is 0 Å². The number of piperidine rings is 1. The molecule has 0 radical (unpaired) electrons. The number of hydrogen-bond acceptors (Lipinski definition) is 3. The maximum absolute atomic E-state index is 12.4. The van der Waals surface area contributed by atoms with E-state index in [1.54, 1.807) is 6.08 Å². The van der Waals surface area contributed by atoms with Crippen LogP contribution in [0.4, 0.5) is 0 Å². The van der Waals surface area contributed by atoms with Crippen LogP contribution in [0.15, 0.2) is 36.9 Å². The van der Waals surface area contributed by atoms with Gasteiger partial charge in [-0.05, 0) is 43.4 Å². The molecule has 0 aromatic heterocycles. The standard InChI is InChI=1S/C19H27NO3/c1-3-13-22-15-17-9-11-20(12-10-17)19(21)14-16-5-7-18(8-6-16)23-4-2/h3,5-8,17H,1,4,9-15H2,2H3. The maximum atomic E-state index is 12.4. The molecule has 4 nitrogen and oxygen atoms in total. The fourth-order valence-corrected chi connectivity index (χ4v) is 2.82. The Morgan fingerprint density at radius 2 is 2.00 bits per heavy atom. The number of hydrogen-bond donors (Lipinski definition) is 0. The van der Waals surface area contributed by atoms with E-state index in [2.05, 4.69) is 6.58 Å². The number of benzene rings is 1. The molecular weight excluding hydrogens is 290 g/mol. The van der Waals surface area contributed by atoms with Crippen molar-refractivity contribution in [2.75, 3.05) is 32.9 Å². The summed E-state index contributed by atoms with van der Waals surface area (Å²) in [6.07, 6.45) is 4.28. The van der Waals surface area contributed by atoms with Crippen molar-refractivity contribution in [2.24, 2.45) is 5.92 Å². The number of nitrogens with zero attached hydrogens (tertiary/aromatic N) is 1. The van der Waals surface area contributed by atoms with Gasteiger partial charge in [-0.3, -0.25) is 4.79 Å². The van der Waals surface area contributed by atoms with Gasteiger partial charge in [0.15, 0.2) is 0 Å². The van der Waals surface area contributed by atoms with Gasteiger partial charge in [-0.15, -0.1) is 6.58 Å². The lowest BCUT2D eigenvalue weighted by Crippen LogP contribution is -2.40. The lowest BCUT2D eigenvalue weighted by Gasteiger charge is -2.32. The number of carbonyl (C=O) groups excluding carboxylic acids is 1. The zero-order chi connectivity index (χ0) is 16.5. The second kappa shape index (κ2) is 9.36. The van der Waals surface area contributed by atoms with E-state index >= 15 is 0 Å². The van der Waals surface area contributed by atoms with Crippen LogP contribution >= 0.6 is 0 Å². The van der Waals surface area contributed by atoms with Gasteiger partial charge >= 0.3 is 0 Å². The molecule has 1 aliphatic heterocycles. The summed E-state index contributed by atoms with van der Waals surface area (Å²) in [4.78, 5) is 14.4. The Hall–Kier alpha value is -1.81. The minimum Gasteiger partial charge on any atom is -0.494 e. The monoisotopic (exact) mass is 317 g/mol. The smallest absolute Gasteiger partial charge is 0.226 e. The average Bonchev–Trinajstić information content (AvgIpc) is 2.58. The van der Waals surface area contributed by atoms with Gasteiger partial charge in [0, 0.05) is 19.7 Å². The molecule has 0 aliphatic carbocycles. The van der Waals surface area contributed by atoms with E-state index in [0.717, 1.165) is 43.9 Å². The van der Waals surface area contributed by atoms with E-state index in [-0.39, 0.29) is 5.91 Å². The molecule has 4 heteroatoms. The largest absolute Gasteiger partial charge is 0.494 e. The summed E-state index contributed by atoms with van der Waals surface area (Å²) in [5, 5.41) is 0. The summed E-state index contributed by atoms with van der Waals surface area (Å²) in [6, 6.07) is 7.79. The summed E-state index contributed by atoms with van der Waals surface area (Å²) in [5.74, 6) is 1.62. The Morgan fingerprint density at radius 3 is 2.61 bits per heavy atom. The highest BCUT2D eigenvalue weighted by Gasteiger charge is 2.22. The Kier molecular flexibility index (Phi) is 7.14. The van der Waals surface area contributed by atoms with Crippen molar-refractivity contribution >= 4 is 5.91 Å². The van der Waals surface area contributed by atoms with Crippen LogP contribution in [0.25, 0.3) is 0 Å². The Labute approximate surface area is 139 Å². The van der Waals surface area contributed by atoms with Crippen molar-refractivity contribution in [2.45, 2.75) is 26.2 Å². The first kappa shape index (κ1) is 17.5.